The number of alkyl halides is 1. The topological polar surface area (TPSA) is 53.0 Å². The van der Waals surface area contributed by atoms with Gasteiger partial charge in [-0.25, -0.2) is 9.37 Å². The summed E-state index contributed by atoms with van der Waals surface area (Å²) in [6.07, 6.45) is 7.16. The van der Waals surface area contributed by atoms with Gasteiger partial charge in [0, 0.05) is 18.3 Å². The number of nitrogens with zero attached hydrogens (tertiary/aromatic N) is 5. The normalized spacial score (nSPS) is 22.9. The zero-order valence-electron chi connectivity index (χ0n) is 13.4. The first-order valence-electron chi connectivity index (χ1n) is 8.07. The molecule has 2 N–H and O–H groups in total. The molecule has 0 bridgehead atoms. The fourth-order valence-electron chi connectivity index (χ4n) is 3.54. The standard InChI is InChI=1S/C16H20ClFN6/c1-11(23-4-2-5-24(23)19)13-7-14(17)15-8-20-10-22(15)16(13)21-6-3-12(18)9-21/h2,4,7-8,10-12H,3,5-6,9,19H2,1H3/t11?,12-/m0/s1. The highest BCUT2D eigenvalue weighted by molar-refractivity contribution is 6.34. The lowest BCUT2D eigenvalue weighted by Gasteiger charge is -2.34. The molecule has 2 atom stereocenters. The van der Waals surface area contributed by atoms with E-state index in [-0.39, 0.29) is 6.04 Å². The number of halogens is 2. The van der Waals surface area contributed by atoms with Gasteiger partial charge in [-0.1, -0.05) is 11.6 Å². The van der Waals surface area contributed by atoms with Crippen LogP contribution in [0.4, 0.5) is 10.2 Å². The van der Waals surface area contributed by atoms with E-state index in [0.717, 1.165) is 16.9 Å². The summed E-state index contributed by atoms with van der Waals surface area (Å²) < 4.78 is 15.8. The first-order valence-corrected chi connectivity index (χ1v) is 8.44. The predicted molar refractivity (Wildman–Crippen MR) is 92.2 cm³/mol. The van der Waals surface area contributed by atoms with Crippen molar-refractivity contribution in [3.05, 3.63) is 41.5 Å². The van der Waals surface area contributed by atoms with Gasteiger partial charge >= 0.3 is 0 Å². The van der Waals surface area contributed by atoms with E-state index >= 15 is 0 Å². The Balaban J connectivity index is 1.85. The molecule has 4 heterocycles. The molecule has 0 amide bonds. The highest BCUT2D eigenvalue weighted by Crippen LogP contribution is 2.37. The van der Waals surface area contributed by atoms with Gasteiger partial charge < -0.3 is 4.90 Å². The maximum absolute atomic E-state index is 13.8. The third-order valence-electron chi connectivity index (χ3n) is 4.78. The van der Waals surface area contributed by atoms with Crippen LogP contribution in [0, 0.1) is 0 Å². The average Bonchev–Trinajstić information content (AvgIpc) is 3.27. The van der Waals surface area contributed by atoms with E-state index in [2.05, 4.69) is 16.8 Å². The summed E-state index contributed by atoms with van der Waals surface area (Å²) in [6, 6.07) is 1.91. The summed E-state index contributed by atoms with van der Waals surface area (Å²) in [5.41, 5.74) is 1.83. The Hall–Kier alpha value is -1.83. The molecule has 0 aromatic carbocycles. The minimum atomic E-state index is -0.805. The van der Waals surface area contributed by atoms with Crippen molar-refractivity contribution in [2.45, 2.75) is 25.6 Å². The van der Waals surface area contributed by atoms with Crippen molar-refractivity contribution < 1.29 is 4.39 Å². The van der Waals surface area contributed by atoms with Gasteiger partial charge in [-0.05, 0) is 25.5 Å². The third kappa shape index (κ3) is 2.44. The molecule has 1 unspecified atom stereocenters. The number of hydrogen-bond acceptors (Lipinski definition) is 5. The largest absolute Gasteiger partial charge is 0.354 e. The number of fused-ring (bicyclic) bond motifs is 1. The first-order chi connectivity index (χ1) is 11.6. The molecular formula is C16H20ClFN6. The lowest BCUT2D eigenvalue weighted by Crippen LogP contribution is -2.42. The molecule has 1 saturated heterocycles. The van der Waals surface area contributed by atoms with Crippen LogP contribution < -0.4 is 10.7 Å². The molecule has 1 fully saturated rings. The summed E-state index contributed by atoms with van der Waals surface area (Å²) in [4.78, 5) is 6.29. The second kappa shape index (κ2) is 5.91. The number of imidazole rings is 1. The van der Waals surface area contributed by atoms with Crippen molar-refractivity contribution in [2.24, 2.45) is 5.84 Å². The summed E-state index contributed by atoms with van der Waals surface area (Å²) in [5, 5.41) is 4.24. The van der Waals surface area contributed by atoms with Crippen molar-refractivity contribution in [2.75, 3.05) is 24.5 Å². The molecule has 0 radical (unpaired) electrons. The Morgan fingerprint density at radius 3 is 2.96 bits per heavy atom. The molecule has 2 aliphatic heterocycles. The Labute approximate surface area is 144 Å². The minimum Gasteiger partial charge on any atom is -0.354 e. The van der Waals surface area contributed by atoms with E-state index in [0.29, 0.717) is 31.1 Å². The Morgan fingerprint density at radius 1 is 1.46 bits per heavy atom. The number of pyridine rings is 1. The Kier molecular flexibility index (Phi) is 3.86. The molecule has 2 aromatic rings. The minimum absolute atomic E-state index is 0.0355. The monoisotopic (exact) mass is 350 g/mol. The maximum atomic E-state index is 13.8. The Morgan fingerprint density at radius 2 is 2.29 bits per heavy atom. The molecular weight excluding hydrogens is 331 g/mol. The van der Waals surface area contributed by atoms with Crippen molar-refractivity contribution in [1.29, 1.82) is 0 Å². The predicted octanol–water partition coefficient (Wildman–Crippen LogP) is 2.52. The van der Waals surface area contributed by atoms with Crippen LogP contribution in [0.2, 0.25) is 5.02 Å². The van der Waals surface area contributed by atoms with Gasteiger partial charge in [0.1, 0.15) is 18.3 Å². The van der Waals surface area contributed by atoms with E-state index in [1.54, 1.807) is 17.6 Å². The maximum Gasteiger partial charge on any atom is 0.120 e. The number of nitrogens with two attached hydrogens (primary N) is 1. The second-order valence-corrected chi connectivity index (χ2v) is 6.72. The number of anilines is 1. The number of rotatable bonds is 3. The molecule has 2 aliphatic rings. The molecule has 0 saturated carbocycles. The summed E-state index contributed by atoms with van der Waals surface area (Å²) in [7, 11) is 0. The highest BCUT2D eigenvalue weighted by Gasteiger charge is 2.30. The van der Waals surface area contributed by atoms with Crippen LogP contribution in [-0.2, 0) is 0 Å². The van der Waals surface area contributed by atoms with Gasteiger partial charge in [0.05, 0.1) is 35.9 Å². The SMILES string of the molecule is CC(c1cc(Cl)c2cncn2c1N1CC[C@H](F)C1)N1C=CCN1N. The van der Waals surface area contributed by atoms with Crippen molar-refractivity contribution in [1.82, 2.24) is 19.5 Å². The van der Waals surface area contributed by atoms with E-state index in [4.69, 9.17) is 17.4 Å². The van der Waals surface area contributed by atoms with Gasteiger partial charge in [-0.3, -0.25) is 15.3 Å². The molecule has 8 heteroatoms. The zero-order chi connectivity index (χ0) is 16.8. The third-order valence-corrected chi connectivity index (χ3v) is 5.08. The van der Waals surface area contributed by atoms with Crippen LogP contribution in [-0.4, -0.2) is 45.3 Å². The van der Waals surface area contributed by atoms with Gasteiger partial charge in [0.25, 0.3) is 0 Å². The van der Waals surface area contributed by atoms with E-state index in [1.807, 2.05) is 27.8 Å². The van der Waals surface area contributed by atoms with Crippen LogP contribution in [0.3, 0.4) is 0 Å². The fraction of sp³-hybridized carbons (Fsp3) is 0.438. The van der Waals surface area contributed by atoms with Crippen LogP contribution in [0.1, 0.15) is 24.9 Å². The zero-order valence-corrected chi connectivity index (χ0v) is 14.2. The average molecular weight is 351 g/mol. The Bertz CT molecular complexity index is 790. The first kappa shape index (κ1) is 15.7. The summed E-state index contributed by atoms with van der Waals surface area (Å²) in [5.74, 6) is 6.98. The van der Waals surface area contributed by atoms with Crippen LogP contribution >= 0.6 is 11.6 Å². The van der Waals surface area contributed by atoms with Crippen molar-refractivity contribution in [3.8, 4) is 0 Å². The van der Waals surface area contributed by atoms with E-state index < -0.39 is 6.17 Å². The summed E-state index contributed by atoms with van der Waals surface area (Å²) in [6.45, 7) is 3.79. The molecule has 24 heavy (non-hydrogen) atoms. The lowest BCUT2D eigenvalue weighted by molar-refractivity contribution is 0.0158. The smallest absolute Gasteiger partial charge is 0.120 e. The van der Waals surface area contributed by atoms with Gasteiger partial charge in [-0.2, -0.15) is 5.12 Å². The molecule has 6 nitrogen and oxygen atoms in total. The van der Waals surface area contributed by atoms with Gasteiger partial charge in [-0.15, -0.1) is 0 Å². The molecule has 0 aliphatic carbocycles. The number of hydrazine groups is 2. The van der Waals surface area contributed by atoms with Crippen molar-refractivity contribution in [3.63, 3.8) is 0 Å². The fourth-order valence-corrected chi connectivity index (χ4v) is 3.80. The van der Waals surface area contributed by atoms with Gasteiger partial charge in [0.15, 0.2) is 0 Å². The summed E-state index contributed by atoms with van der Waals surface area (Å²) >= 11 is 6.46. The molecule has 128 valence electrons. The van der Waals surface area contributed by atoms with Crippen molar-refractivity contribution >= 4 is 22.9 Å². The lowest BCUT2D eigenvalue weighted by atomic mass is 10.1. The number of aromatic nitrogens is 2. The molecule has 0 spiro atoms. The molecule has 4 rings (SSSR count). The van der Waals surface area contributed by atoms with Gasteiger partial charge in [0.2, 0.25) is 0 Å². The van der Waals surface area contributed by atoms with E-state index in [1.165, 1.54) is 0 Å². The van der Waals surface area contributed by atoms with Crippen LogP contribution in [0.15, 0.2) is 30.9 Å². The highest BCUT2D eigenvalue weighted by atomic mass is 35.5. The van der Waals surface area contributed by atoms with Crippen LogP contribution in [0.5, 0.6) is 0 Å². The second-order valence-electron chi connectivity index (χ2n) is 6.31. The van der Waals surface area contributed by atoms with E-state index in [9.17, 15) is 4.39 Å². The molecule has 2 aromatic heterocycles. The van der Waals surface area contributed by atoms with Crippen LogP contribution in [0.25, 0.3) is 5.52 Å². The quantitative estimate of drug-likeness (QED) is 0.862. The number of hydrogen-bond donors (Lipinski definition) is 1.